The van der Waals surface area contributed by atoms with Crippen molar-refractivity contribution in [2.45, 2.75) is 13.5 Å². The largest absolute Gasteiger partial charge is 0.337 e. The third-order valence-corrected chi connectivity index (χ3v) is 5.34. The Morgan fingerprint density at radius 2 is 1.89 bits per heavy atom. The van der Waals surface area contributed by atoms with Gasteiger partial charge in [-0.15, -0.1) is 0 Å². The Balaban J connectivity index is 1.47. The Bertz CT molecular complexity index is 966. The molecule has 5 nitrogen and oxygen atoms in total. The number of hydrogen-bond acceptors (Lipinski definition) is 3. The highest BCUT2D eigenvalue weighted by Crippen LogP contribution is 2.31. The molecule has 3 aromatic rings. The zero-order valence-electron chi connectivity index (χ0n) is 15.6. The lowest BCUT2D eigenvalue weighted by Gasteiger charge is -2.34. The van der Waals surface area contributed by atoms with Crippen molar-refractivity contribution >= 4 is 16.8 Å². The summed E-state index contributed by atoms with van der Waals surface area (Å²) in [6.07, 6.45) is 3.30. The van der Waals surface area contributed by atoms with Gasteiger partial charge in [-0.25, -0.2) is 0 Å². The molecule has 0 bridgehead atoms. The van der Waals surface area contributed by atoms with Crippen LogP contribution in [0.1, 0.15) is 11.1 Å². The van der Waals surface area contributed by atoms with Crippen LogP contribution in [0.3, 0.4) is 0 Å². The monoisotopic (exact) mass is 360 g/mol. The molecule has 1 fully saturated rings. The van der Waals surface area contributed by atoms with Crippen LogP contribution in [0.2, 0.25) is 0 Å². The first kappa shape index (κ1) is 17.5. The van der Waals surface area contributed by atoms with Crippen molar-refractivity contribution in [3.05, 3.63) is 66.4 Å². The fourth-order valence-corrected chi connectivity index (χ4v) is 3.80. The number of aromatic amines is 1. The SMILES string of the molecule is C=CC(=O)N1CCN(Cc2ccc(-c3c(C)ccc4[nH]ncc34)cc2)CC1. The van der Waals surface area contributed by atoms with Crippen LogP contribution >= 0.6 is 0 Å². The van der Waals surface area contributed by atoms with Gasteiger partial charge in [0.25, 0.3) is 0 Å². The normalized spacial score (nSPS) is 15.2. The molecule has 0 unspecified atom stereocenters. The Morgan fingerprint density at radius 3 is 2.59 bits per heavy atom. The number of carbonyl (C=O) groups excluding carboxylic acids is 1. The maximum absolute atomic E-state index is 11.7. The number of H-pyrrole nitrogens is 1. The number of amides is 1. The molecule has 1 aliphatic heterocycles. The van der Waals surface area contributed by atoms with Gasteiger partial charge in [0, 0.05) is 38.1 Å². The van der Waals surface area contributed by atoms with E-state index in [-0.39, 0.29) is 5.91 Å². The fraction of sp³-hybridized carbons (Fsp3) is 0.273. The molecule has 0 spiro atoms. The third-order valence-electron chi connectivity index (χ3n) is 5.34. The summed E-state index contributed by atoms with van der Waals surface area (Å²) in [5, 5.41) is 8.39. The summed E-state index contributed by atoms with van der Waals surface area (Å²) in [6.45, 7) is 9.95. The third kappa shape index (κ3) is 3.51. The van der Waals surface area contributed by atoms with E-state index in [0.29, 0.717) is 0 Å². The van der Waals surface area contributed by atoms with Crippen LogP contribution in [-0.4, -0.2) is 52.1 Å². The van der Waals surface area contributed by atoms with E-state index in [2.05, 4.69) is 65.0 Å². The van der Waals surface area contributed by atoms with Gasteiger partial charge in [-0.3, -0.25) is 14.8 Å². The second kappa shape index (κ2) is 7.37. The summed E-state index contributed by atoms with van der Waals surface area (Å²) < 4.78 is 0. The minimum Gasteiger partial charge on any atom is -0.337 e. The van der Waals surface area contributed by atoms with Gasteiger partial charge in [0.05, 0.1) is 11.7 Å². The molecule has 1 N–H and O–H groups in total. The first-order valence-corrected chi connectivity index (χ1v) is 9.31. The Labute approximate surface area is 159 Å². The Hall–Kier alpha value is -2.92. The molecule has 5 heteroatoms. The number of piperazine rings is 1. The average molecular weight is 360 g/mol. The highest BCUT2D eigenvalue weighted by molar-refractivity contribution is 5.96. The molecule has 0 atom stereocenters. The van der Waals surface area contributed by atoms with Crippen molar-refractivity contribution in [3.8, 4) is 11.1 Å². The van der Waals surface area contributed by atoms with Crippen LogP contribution in [-0.2, 0) is 11.3 Å². The van der Waals surface area contributed by atoms with Crippen LogP contribution in [0.4, 0.5) is 0 Å². The number of aryl methyl sites for hydroxylation is 1. The summed E-state index contributed by atoms with van der Waals surface area (Å²) in [5.74, 6) is 0.0304. The lowest BCUT2D eigenvalue weighted by atomic mass is 9.96. The van der Waals surface area contributed by atoms with E-state index >= 15 is 0 Å². The lowest BCUT2D eigenvalue weighted by molar-refractivity contribution is -0.127. The van der Waals surface area contributed by atoms with E-state index in [1.807, 2.05) is 11.1 Å². The first-order chi connectivity index (χ1) is 13.2. The van der Waals surface area contributed by atoms with Gasteiger partial charge in [-0.1, -0.05) is 36.9 Å². The van der Waals surface area contributed by atoms with Gasteiger partial charge in [-0.2, -0.15) is 5.10 Å². The Morgan fingerprint density at radius 1 is 1.15 bits per heavy atom. The zero-order valence-corrected chi connectivity index (χ0v) is 15.6. The summed E-state index contributed by atoms with van der Waals surface area (Å²) in [7, 11) is 0. The minimum absolute atomic E-state index is 0.0304. The number of benzene rings is 2. The maximum Gasteiger partial charge on any atom is 0.246 e. The number of fused-ring (bicyclic) bond motifs is 1. The van der Waals surface area contributed by atoms with Crippen molar-refractivity contribution in [2.24, 2.45) is 0 Å². The highest BCUT2D eigenvalue weighted by atomic mass is 16.2. The van der Waals surface area contributed by atoms with E-state index in [9.17, 15) is 4.79 Å². The van der Waals surface area contributed by atoms with Crippen LogP contribution in [0, 0.1) is 6.92 Å². The predicted octanol–water partition coefficient (Wildman–Crippen LogP) is 3.37. The zero-order chi connectivity index (χ0) is 18.8. The number of carbonyl (C=O) groups is 1. The molecule has 138 valence electrons. The number of nitrogens with zero attached hydrogens (tertiary/aromatic N) is 3. The van der Waals surface area contributed by atoms with Gasteiger partial charge < -0.3 is 4.90 Å². The van der Waals surface area contributed by atoms with Crippen molar-refractivity contribution in [3.63, 3.8) is 0 Å². The average Bonchev–Trinajstić information content (AvgIpc) is 3.17. The fourth-order valence-electron chi connectivity index (χ4n) is 3.80. The maximum atomic E-state index is 11.7. The van der Waals surface area contributed by atoms with E-state index in [1.54, 1.807) is 0 Å². The summed E-state index contributed by atoms with van der Waals surface area (Å²) >= 11 is 0. The van der Waals surface area contributed by atoms with Gasteiger partial charge in [0.15, 0.2) is 0 Å². The van der Waals surface area contributed by atoms with Crippen LogP contribution in [0.25, 0.3) is 22.0 Å². The molecule has 0 saturated carbocycles. The molecule has 4 rings (SSSR count). The van der Waals surface area contributed by atoms with E-state index in [0.717, 1.165) is 43.6 Å². The molecule has 1 saturated heterocycles. The topological polar surface area (TPSA) is 52.2 Å². The molecule has 1 aromatic heterocycles. The minimum atomic E-state index is 0.0304. The van der Waals surface area contributed by atoms with Crippen molar-refractivity contribution in [1.29, 1.82) is 0 Å². The summed E-state index contributed by atoms with van der Waals surface area (Å²) in [5.41, 5.74) is 6.06. The van der Waals surface area contributed by atoms with Gasteiger partial charge in [0.1, 0.15) is 0 Å². The second-order valence-electron chi connectivity index (χ2n) is 7.09. The summed E-state index contributed by atoms with van der Waals surface area (Å²) in [6, 6.07) is 13.0. The standard InChI is InChI=1S/C22H24N4O/c1-3-21(27)26-12-10-25(11-13-26)15-17-5-7-18(8-6-17)22-16(2)4-9-20-19(22)14-23-24-20/h3-9,14H,1,10-13,15H2,2H3,(H,23,24). The van der Waals surface area contributed by atoms with E-state index < -0.39 is 0 Å². The van der Waals surface area contributed by atoms with Gasteiger partial charge in [0.2, 0.25) is 5.91 Å². The molecule has 2 heterocycles. The molecule has 27 heavy (non-hydrogen) atoms. The van der Waals surface area contributed by atoms with Crippen LogP contribution in [0.15, 0.2) is 55.3 Å². The lowest BCUT2D eigenvalue weighted by Crippen LogP contribution is -2.47. The molecule has 0 aliphatic carbocycles. The van der Waals surface area contributed by atoms with Crippen molar-refractivity contribution < 1.29 is 4.79 Å². The second-order valence-corrected chi connectivity index (χ2v) is 7.09. The van der Waals surface area contributed by atoms with Crippen molar-refractivity contribution in [1.82, 2.24) is 20.0 Å². The van der Waals surface area contributed by atoms with Crippen molar-refractivity contribution in [2.75, 3.05) is 26.2 Å². The van der Waals surface area contributed by atoms with Gasteiger partial charge in [-0.05, 0) is 41.3 Å². The van der Waals surface area contributed by atoms with E-state index in [4.69, 9.17) is 0 Å². The van der Waals surface area contributed by atoms with E-state index in [1.165, 1.54) is 28.3 Å². The number of aromatic nitrogens is 2. The number of rotatable bonds is 4. The molecule has 1 aliphatic rings. The number of hydrogen-bond donors (Lipinski definition) is 1. The highest BCUT2D eigenvalue weighted by Gasteiger charge is 2.19. The van der Waals surface area contributed by atoms with Crippen LogP contribution in [0.5, 0.6) is 0 Å². The number of nitrogens with one attached hydrogen (secondary N) is 1. The van der Waals surface area contributed by atoms with Gasteiger partial charge >= 0.3 is 0 Å². The quantitative estimate of drug-likeness (QED) is 0.726. The molecule has 1 amide bonds. The predicted molar refractivity (Wildman–Crippen MR) is 108 cm³/mol. The molecule has 2 aromatic carbocycles. The first-order valence-electron chi connectivity index (χ1n) is 9.31. The molecule has 0 radical (unpaired) electrons. The smallest absolute Gasteiger partial charge is 0.246 e. The molecular weight excluding hydrogens is 336 g/mol. The van der Waals surface area contributed by atoms with Crippen LogP contribution < -0.4 is 0 Å². The Kier molecular flexibility index (Phi) is 4.77. The molecular formula is C22H24N4O. The summed E-state index contributed by atoms with van der Waals surface area (Å²) in [4.78, 5) is 15.9.